The molecule has 48 heteroatoms. The minimum Gasteiger partial charge on any atom is -0.326 e. The maximum absolute atomic E-state index is 13.4. The number of rotatable bonds is 19. The van der Waals surface area contributed by atoms with Crippen molar-refractivity contribution in [2.24, 2.45) is 35.5 Å². The van der Waals surface area contributed by atoms with Gasteiger partial charge in [0, 0.05) is 128 Å². The molecule has 6 heterocycles. The van der Waals surface area contributed by atoms with Crippen molar-refractivity contribution in [1.82, 2.24) is 25.8 Å². The Balaban J connectivity index is 0.000000209. The predicted octanol–water partition coefficient (Wildman–Crippen LogP) is 14.2. The number of hydrogen-bond donors (Lipinski definition) is 6. The number of amides is 6. The van der Waals surface area contributed by atoms with Crippen molar-refractivity contribution in [3.8, 4) is 0 Å². The maximum Gasteiger partial charge on any atom is 0.228 e. The summed E-state index contributed by atoms with van der Waals surface area (Å²) in [6, 6.07) is 26.1. The van der Waals surface area contributed by atoms with Crippen molar-refractivity contribution in [3.63, 3.8) is 0 Å². The number of benzene rings is 6. The monoisotopic (exact) mass is 2140 g/mol. The average Bonchev–Trinajstić information content (AvgIpc) is 0.845. The second-order valence-electron chi connectivity index (χ2n) is 30.6. The molecular formula is C79H98Br2Cl6F4N12O18S6. The Morgan fingerprint density at radius 2 is 0.551 bits per heavy atom. The standard InChI is InChI=1S/C14H18ClFN2O3S.2C13H16BrClN2O3S.C13H16Cl2N2O3S.C13H16ClFN2O3S.C13H16F2N2O3S/c1-2-22(20,21)18-7-3-4-10(9-18)14(19)17-11-5-6-12(15)13(16)8-11;1-21(19,20)17-6-2-3-9(8-17)13(18)16-10-4-5-12(15)11(14)7-10;2*1-21(19,20)17-6-2-3-9(8-17)13(18)16-10-4-5-11(14)12(15)7-10;1-21(19,20)17-6-2-3-9(8-17)13(18)16-10-4-5-12(15)11(14)7-10;1-21(19,20)17-6-2-3-9(8-17)13(18)16-10-4-5-11(14)12(15)7-10/h5-6,8,10H,2-4,7,9H2,1H3,(H,17,19);5*4-5,7,9H,2-3,6,8H2,1H3,(H,16,18). The van der Waals surface area contributed by atoms with E-state index in [0.29, 0.717) is 169 Å². The third-order valence-corrected chi connectivity index (χ3v) is 32.7. The number of carbonyl (C=O) groups is 6. The van der Waals surface area contributed by atoms with Gasteiger partial charge in [-0.3, -0.25) is 28.8 Å². The highest BCUT2D eigenvalue weighted by atomic mass is 79.9. The van der Waals surface area contributed by atoms with Crippen molar-refractivity contribution in [1.29, 1.82) is 0 Å². The van der Waals surface area contributed by atoms with E-state index in [9.17, 15) is 96.8 Å². The summed E-state index contributed by atoms with van der Waals surface area (Å²) >= 11 is 41.4. The van der Waals surface area contributed by atoms with Gasteiger partial charge in [-0.2, -0.15) is 0 Å². The van der Waals surface area contributed by atoms with E-state index in [-0.39, 0.29) is 108 Å². The number of hydrogen-bond acceptors (Lipinski definition) is 18. The van der Waals surface area contributed by atoms with E-state index < -0.39 is 107 Å². The summed E-state index contributed by atoms with van der Waals surface area (Å²) in [5.74, 6) is -7.12. The summed E-state index contributed by atoms with van der Waals surface area (Å²) in [6.07, 6.45) is 13.5. The second kappa shape index (κ2) is 48.6. The Hall–Kier alpha value is -5.98. The van der Waals surface area contributed by atoms with E-state index in [1.54, 1.807) is 61.5 Å². The highest BCUT2D eigenvalue weighted by Gasteiger charge is 2.37. The fraction of sp³-hybridized carbons (Fsp3) is 0.468. The second-order valence-corrected chi connectivity index (χ2v) is 46.9. The van der Waals surface area contributed by atoms with E-state index in [1.165, 1.54) is 74.7 Å². The molecule has 0 aromatic heterocycles. The van der Waals surface area contributed by atoms with Crippen LogP contribution in [-0.2, 0) is 88.9 Å². The Kier molecular flexibility index (Phi) is 41.4. The summed E-state index contributed by atoms with van der Waals surface area (Å²) in [5.41, 5.74) is 2.63. The number of nitrogens with one attached hydrogen (secondary N) is 6. The molecule has 6 amide bonds. The maximum atomic E-state index is 13.4. The lowest BCUT2D eigenvalue weighted by molar-refractivity contribution is -0.121. The summed E-state index contributed by atoms with van der Waals surface area (Å²) in [4.78, 5) is 73.2. The Bertz CT molecular complexity index is 5030. The molecule has 6 atom stereocenters. The third kappa shape index (κ3) is 34.8. The molecule has 6 aromatic carbocycles. The van der Waals surface area contributed by atoms with Gasteiger partial charge in [0.25, 0.3) is 0 Å². The van der Waals surface area contributed by atoms with Gasteiger partial charge in [-0.1, -0.05) is 69.6 Å². The quantitative estimate of drug-likeness (QED) is 0.0410. The highest BCUT2D eigenvalue weighted by molar-refractivity contribution is 9.11. The topological polar surface area (TPSA) is 399 Å². The van der Waals surface area contributed by atoms with E-state index >= 15 is 0 Å². The first kappa shape index (κ1) is 108. The van der Waals surface area contributed by atoms with Crippen molar-refractivity contribution in [2.75, 3.05) is 147 Å². The zero-order valence-electron chi connectivity index (χ0n) is 69.6. The van der Waals surface area contributed by atoms with Gasteiger partial charge in [0.2, 0.25) is 95.6 Å². The highest BCUT2D eigenvalue weighted by Crippen LogP contribution is 2.33. The van der Waals surface area contributed by atoms with Gasteiger partial charge in [0.15, 0.2) is 11.6 Å². The zero-order valence-corrected chi connectivity index (χ0v) is 82.2. The number of halogens is 12. The van der Waals surface area contributed by atoms with Crippen molar-refractivity contribution < 1.29 is 96.8 Å². The lowest BCUT2D eigenvalue weighted by Gasteiger charge is -2.30. The molecule has 0 aliphatic carbocycles. The molecule has 6 fully saturated rings. The third-order valence-electron chi connectivity index (χ3n) is 20.8. The molecule has 6 aliphatic heterocycles. The lowest BCUT2D eigenvalue weighted by atomic mass is 9.98. The number of sulfonamides is 6. The first-order valence-corrected chi connectivity index (χ1v) is 54.2. The summed E-state index contributed by atoms with van der Waals surface area (Å²) in [6.45, 7) is 5.40. The minimum atomic E-state index is -3.33. The number of carbonyl (C=O) groups excluding carboxylic acids is 6. The van der Waals surface area contributed by atoms with Crippen LogP contribution < -0.4 is 31.9 Å². The number of piperidine rings is 6. The van der Waals surface area contributed by atoms with Gasteiger partial charge in [0.1, 0.15) is 11.6 Å². The molecule has 127 heavy (non-hydrogen) atoms. The van der Waals surface area contributed by atoms with Crippen LogP contribution in [0.1, 0.15) is 84.0 Å². The molecule has 702 valence electrons. The SMILES string of the molecule is CCS(=O)(=O)N1CCCC(C(=O)Nc2ccc(Cl)c(F)c2)C1.CS(=O)(=O)N1CCCC(C(=O)Nc2ccc(Br)c(Cl)c2)C1.CS(=O)(=O)N1CCCC(C(=O)Nc2ccc(Cl)c(Br)c2)C1.CS(=O)(=O)N1CCCC(C(=O)Nc2ccc(Cl)c(Cl)c2)C1.CS(=O)(=O)N1CCCC(C(=O)Nc2ccc(F)c(Cl)c2)C1.CS(=O)(=O)N1CCCC(C(=O)Nc2ccc(F)c(F)c2)C1. The Labute approximate surface area is 785 Å². The fourth-order valence-corrected chi connectivity index (χ4v) is 21.0. The van der Waals surface area contributed by atoms with Crippen LogP contribution in [0.2, 0.25) is 30.1 Å². The first-order chi connectivity index (χ1) is 59.2. The Morgan fingerprint density at radius 1 is 0.299 bits per heavy atom. The molecule has 12 rings (SSSR count). The van der Waals surface area contributed by atoms with Crippen LogP contribution in [0.15, 0.2) is 118 Å². The van der Waals surface area contributed by atoms with Gasteiger partial charge >= 0.3 is 0 Å². The van der Waals surface area contributed by atoms with Gasteiger partial charge in [-0.25, -0.2) is 93.9 Å². The van der Waals surface area contributed by atoms with Crippen molar-refractivity contribution in [2.45, 2.75) is 84.0 Å². The van der Waals surface area contributed by atoms with Crippen LogP contribution in [0.3, 0.4) is 0 Å². The number of anilines is 6. The van der Waals surface area contributed by atoms with Crippen LogP contribution in [0.25, 0.3) is 0 Å². The van der Waals surface area contributed by atoms with Crippen LogP contribution in [0, 0.1) is 58.8 Å². The predicted molar refractivity (Wildman–Crippen MR) is 495 cm³/mol. The summed E-state index contributed by atoms with van der Waals surface area (Å²) in [7, 11) is -19.7. The van der Waals surface area contributed by atoms with E-state index in [4.69, 9.17) is 69.6 Å². The smallest absolute Gasteiger partial charge is 0.228 e. The average molecular weight is 2140 g/mol. The molecule has 6 unspecified atom stereocenters. The lowest BCUT2D eigenvalue weighted by Crippen LogP contribution is -2.44. The van der Waals surface area contributed by atoms with Gasteiger partial charge in [-0.05, 0) is 219 Å². The fourth-order valence-electron chi connectivity index (χ4n) is 13.8. The van der Waals surface area contributed by atoms with Crippen LogP contribution in [0.5, 0.6) is 0 Å². The van der Waals surface area contributed by atoms with Crippen molar-refractivity contribution >= 4 is 231 Å². The van der Waals surface area contributed by atoms with Gasteiger partial charge in [-0.15, -0.1) is 0 Å². The largest absolute Gasteiger partial charge is 0.326 e. The van der Waals surface area contributed by atoms with Crippen LogP contribution >= 0.6 is 101 Å². The molecule has 0 spiro atoms. The zero-order chi connectivity index (χ0) is 94.4. The van der Waals surface area contributed by atoms with Crippen molar-refractivity contribution in [3.05, 3.63) is 172 Å². The van der Waals surface area contributed by atoms with Crippen LogP contribution in [-0.4, -0.2) is 227 Å². The summed E-state index contributed by atoms with van der Waals surface area (Å²) in [5, 5.41) is 17.8. The van der Waals surface area contributed by atoms with Gasteiger partial charge < -0.3 is 31.9 Å². The molecule has 6 aliphatic rings. The molecule has 0 saturated carbocycles. The minimum absolute atomic E-state index is 0.0176. The molecule has 6 saturated heterocycles. The number of nitrogens with zero attached hydrogens (tertiary/aromatic N) is 6. The molecule has 30 nitrogen and oxygen atoms in total. The van der Waals surface area contributed by atoms with E-state index in [0.717, 1.165) is 41.4 Å². The molecule has 0 radical (unpaired) electrons. The first-order valence-electron chi connectivity index (χ1n) is 39.5. The van der Waals surface area contributed by atoms with Crippen LogP contribution in [0.4, 0.5) is 51.7 Å². The van der Waals surface area contributed by atoms with Gasteiger partial charge in [0.05, 0.1) is 103 Å². The normalized spacial score (nSPS) is 20.2. The Morgan fingerprint density at radius 3 is 0.835 bits per heavy atom. The summed E-state index contributed by atoms with van der Waals surface area (Å²) < 4.78 is 201. The molecular weight excluding hydrogens is 2050 g/mol. The molecule has 6 N–H and O–H groups in total. The van der Waals surface area contributed by atoms with E-state index in [1.807, 2.05) is 0 Å². The molecule has 0 bridgehead atoms. The van der Waals surface area contributed by atoms with E-state index in [2.05, 4.69) is 63.8 Å². The molecule has 6 aromatic rings.